The molecule has 0 radical (unpaired) electrons. The molecule has 0 saturated heterocycles. The molecule has 0 amide bonds. The zero-order valence-electron chi connectivity index (χ0n) is 21.8. The highest BCUT2D eigenvalue weighted by Gasteiger charge is 2.18. The molecule has 0 aliphatic rings. The number of nitrogens with one attached hydrogen (secondary N) is 3. The Morgan fingerprint density at radius 2 is 1.71 bits per heavy atom. The fourth-order valence-corrected chi connectivity index (χ4v) is 4.86. The van der Waals surface area contributed by atoms with E-state index >= 15 is 0 Å². The van der Waals surface area contributed by atoms with Crippen molar-refractivity contribution >= 4 is 27.8 Å². The highest BCUT2D eigenvalue weighted by atomic mass is 19.1. The summed E-state index contributed by atoms with van der Waals surface area (Å²) in [5, 5.41) is 10.9. The van der Waals surface area contributed by atoms with Gasteiger partial charge in [-0.2, -0.15) is 5.10 Å². The Balaban J connectivity index is 1.21. The van der Waals surface area contributed by atoms with E-state index in [1.54, 1.807) is 24.7 Å². The Hall–Kier alpha value is -5.70. The van der Waals surface area contributed by atoms with Crippen molar-refractivity contribution in [1.82, 2.24) is 35.1 Å². The summed E-state index contributed by atoms with van der Waals surface area (Å²) in [6.45, 7) is 4.17. The maximum atomic E-state index is 13.9. The van der Waals surface area contributed by atoms with Crippen molar-refractivity contribution in [3.05, 3.63) is 121 Å². The summed E-state index contributed by atoms with van der Waals surface area (Å²) >= 11 is 0. The highest BCUT2D eigenvalue weighted by molar-refractivity contribution is 5.95. The molecule has 0 saturated carbocycles. The van der Waals surface area contributed by atoms with Gasteiger partial charge in [-0.15, -0.1) is 0 Å². The van der Waals surface area contributed by atoms with E-state index in [0.717, 1.165) is 33.7 Å². The number of pyridine rings is 3. The summed E-state index contributed by atoms with van der Waals surface area (Å²) in [4.78, 5) is 21.9. The van der Waals surface area contributed by atoms with Crippen molar-refractivity contribution in [2.75, 3.05) is 5.32 Å². The number of anilines is 1. The zero-order valence-corrected chi connectivity index (χ0v) is 21.8. The lowest BCUT2D eigenvalue weighted by atomic mass is 10.1. The summed E-state index contributed by atoms with van der Waals surface area (Å²) in [7, 11) is 0. The van der Waals surface area contributed by atoms with Gasteiger partial charge in [0, 0.05) is 35.6 Å². The Bertz CT molecular complexity index is 2040. The van der Waals surface area contributed by atoms with E-state index in [4.69, 9.17) is 9.97 Å². The maximum Gasteiger partial charge on any atom is 0.161 e. The molecule has 8 nitrogen and oxygen atoms in total. The topological polar surface area (TPSA) is 108 Å². The van der Waals surface area contributed by atoms with Gasteiger partial charge in [0.15, 0.2) is 11.5 Å². The molecule has 0 bridgehead atoms. The summed E-state index contributed by atoms with van der Waals surface area (Å²) in [5.74, 6) is 0.202. The predicted octanol–water partition coefficient (Wildman–Crippen LogP) is 6.93. The molecule has 0 aliphatic heterocycles. The molecule has 0 aliphatic carbocycles. The number of aromatic amines is 2. The van der Waals surface area contributed by atoms with Gasteiger partial charge in [-0.1, -0.05) is 49.0 Å². The number of H-pyrrole nitrogens is 2. The molecule has 5 aromatic heterocycles. The molecule has 0 unspecified atom stereocenters. The number of hydrogen-bond donors (Lipinski definition) is 3. The first-order valence-corrected chi connectivity index (χ1v) is 13.0. The number of allylic oxidation sites excluding steroid dienone is 1. The van der Waals surface area contributed by atoms with Crippen LogP contribution in [0.15, 0.2) is 110 Å². The minimum atomic E-state index is -0.332. The molecule has 198 valence electrons. The Labute approximate surface area is 234 Å². The van der Waals surface area contributed by atoms with Crippen LogP contribution in [0.3, 0.4) is 0 Å². The highest BCUT2D eigenvalue weighted by Crippen LogP contribution is 2.31. The van der Waals surface area contributed by atoms with Crippen LogP contribution in [0.25, 0.3) is 56.1 Å². The molecule has 5 heterocycles. The van der Waals surface area contributed by atoms with E-state index in [0.29, 0.717) is 40.2 Å². The van der Waals surface area contributed by atoms with E-state index in [9.17, 15) is 4.39 Å². The molecule has 41 heavy (non-hydrogen) atoms. The average molecular weight is 539 g/mol. The number of imidazole rings is 1. The summed E-state index contributed by atoms with van der Waals surface area (Å²) in [6.07, 6.45) is 5.92. The Morgan fingerprint density at radius 1 is 0.829 bits per heavy atom. The normalized spacial score (nSPS) is 11.2. The number of halogens is 1. The van der Waals surface area contributed by atoms with Crippen LogP contribution in [0.5, 0.6) is 0 Å². The number of fused-ring (bicyclic) bond motifs is 2. The Morgan fingerprint density at radius 3 is 2.59 bits per heavy atom. The van der Waals surface area contributed by atoms with Crippen molar-refractivity contribution in [1.29, 1.82) is 0 Å². The van der Waals surface area contributed by atoms with E-state index < -0.39 is 0 Å². The second-order valence-electron chi connectivity index (χ2n) is 9.67. The second-order valence-corrected chi connectivity index (χ2v) is 9.67. The van der Waals surface area contributed by atoms with E-state index in [-0.39, 0.29) is 5.82 Å². The minimum Gasteiger partial charge on any atom is -0.358 e. The van der Waals surface area contributed by atoms with Gasteiger partial charge < -0.3 is 10.3 Å². The molecule has 7 rings (SSSR count). The third-order valence-corrected chi connectivity index (χ3v) is 6.75. The van der Waals surface area contributed by atoms with Gasteiger partial charge >= 0.3 is 0 Å². The first-order valence-electron chi connectivity index (χ1n) is 13.0. The lowest BCUT2D eigenvalue weighted by Gasteiger charge is -2.11. The fourth-order valence-electron chi connectivity index (χ4n) is 4.86. The average Bonchev–Trinajstić information content (AvgIpc) is 3.61. The van der Waals surface area contributed by atoms with Gasteiger partial charge in [-0.25, -0.2) is 14.4 Å². The maximum absolute atomic E-state index is 13.9. The van der Waals surface area contributed by atoms with Crippen molar-refractivity contribution < 1.29 is 4.39 Å². The quantitative estimate of drug-likeness (QED) is 0.203. The Kier molecular flexibility index (Phi) is 6.01. The van der Waals surface area contributed by atoms with Crippen LogP contribution in [-0.2, 0) is 6.42 Å². The van der Waals surface area contributed by atoms with Crippen molar-refractivity contribution in [3.8, 4) is 34.0 Å². The zero-order chi connectivity index (χ0) is 27.8. The first-order chi connectivity index (χ1) is 20.1. The van der Waals surface area contributed by atoms with E-state index in [1.807, 2.05) is 48.5 Å². The van der Waals surface area contributed by atoms with Gasteiger partial charge in [0.25, 0.3) is 0 Å². The number of rotatable bonds is 7. The molecule has 3 N–H and O–H groups in total. The number of aromatic nitrogens is 7. The van der Waals surface area contributed by atoms with Crippen LogP contribution in [-0.4, -0.2) is 35.1 Å². The molecule has 7 aromatic rings. The molecule has 9 heteroatoms. The molecule has 0 fully saturated rings. The van der Waals surface area contributed by atoms with Crippen LogP contribution < -0.4 is 5.32 Å². The summed E-state index contributed by atoms with van der Waals surface area (Å²) < 4.78 is 13.9. The summed E-state index contributed by atoms with van der Waals surface area (Å²) in [6, 6.07) is 24.2. The summed E-state index contributed by atoms with van der Waals surface area (Å²) in [5.41, 5.74) is 9.08. The van der Waals surface area contributed by atoms with Crippen LogP contribution in [0, 0.1) is 5.82 Å². The van der Waals surface area contributed by atoms with Gasteiger partial charge in [0.05, 0.1) is 34.3 Å². The molecular weight excluding hydrogens is 515 g/mol. The van der Waals surface area contributed by atoms with Gasteiger partial charge in [-0.05, 0) is 42.0 Å². The van der Waals surface area contributed by atoms with Crippen molar-refractivity contribution in [3.63, 3.8) is 0 Å². The predicted molar refractivity (Wildman–Crippen MR) is 158 cm³/mol. The molecular formula is C32H23FN8. The lowest BCUT2D eigenvalue weighted by molar-refractivity contribution is 0.628. The minimum absolute atomic E-state index is 0.332. The monoisotopic (exact) mass is 538 g/mol. The van der Waals surface area contributed by atoms with Crippen molar-refractivity contribution in [2.24, 2.45) is 0 Å². The van der Waals surface area contributed by atoms with Crippen LogP contribution in [0.4, 0.5) is 10.1 Å². The first kappa shape index (κ1) is 24.3. The largest absolute Gasteiger partial charge is 0.358 e. The number of benzene rings is 2. The van der Waals surface area contributed by atoms with Gasteiger partial charge in [-0.3, -0.25) is 15.1 Å². The van der Waals surface area contributed by atoms with Gasteiger partial charge in [0.1, 0.15) is 16.9 Å². The second kappa shape index (κ2) is 10.1. The SMILES string of the molecule is C=C(Cc1ccccc1)Nc1cncc(-c2ccc3[nH]nc(-c4nc5c(-c6cccc(F)c6)nccc5[nH]4)c3n2)c1. The van der Waals surface area contributed by atoms with Gasteiger partial charge in [0.2, 0.25) is 0 Å². The van der Waals surface area contributed by atoms with E-state index in [2.05, 4.69) is 49.2 Å². The smallest absolute Gasteiger partial charge is 0.161 e. The third kappa shape index (κ3) is 4.80. The fraction of sp³-hybridized carbons (Fsp3) is 0.0312. The molecule has 2 aromatic carbocycles. The van der Waals surface area contributed by atoms with Crippen molar-refractivity contribution in [2.45, 2.75) is 6.42 Å². The molecule has 0 spiro atoms. The lowest BCUT2D eigenvalue weighted by Crippen LogP contribution is -2.02. The van der Waals surface area contributed by atoms with Crippen LogP contribution >= 0.6 is 0 Å². The molecule has 0 atom stereocenters. The van der Waals surface area contributed by atoms with E-state index in [1.165, 1.54) is 17.7 Å². The number of nitrogens with zero attached hydrogens (tertiary/aromatic N) is 5. The van der Waals surface area contributed by atoms with Crippen LogP contribution in [0.1, 0.15) is 5.56 Å². The third-order valence-electron chi connectivity index (χ3n) is 6.75. The van der Waals surface area contributed by atoms with Crippen LogP contribution in [0.2, 0.25) is 0 Å². The standard InChI is InChI=1S/C32H23FN8/c1-19(14-20-6-3-2-4-7-20)36-24-16-22(17-34-18-24)25-10-11-27-30(37-25)31(41-40-27)32-38-26-12-13-35-28(29(26)39-32)21-8-5-9-23(33)15-21/h2-13,15-18,36H,1,14H2,(H,38,39)(H,40,41). The number of hydrogen-bond acceptors (Lipinski definition) is 6.